The van der Waals surface area contributed by atoms with Crippen LogP contribution in [0.1, 0.15) is 24.0 Å². The van der Waals surface area contributed by atoms with Crippen molar-refractivity contribution in [1.29, 1.82) is 5.26 Å². The summed E-state index contributed by atoms with van der Waals surface area (Å²) in [7, 11) is 0. The van der Waals surface area contributed by atoms with Crippen LogP contribution in [0.4, 0.5) is 5.69 Å². The van der Waals surface area contributed by atoms with Gasteiger partial charge < -0.3 is 5.32 Å². The molecule has 1 saturated heterocycles. The molecule has 1 atom stereocenters. The Bertz CT molecular complexity index is 473. The number of anilines is 1. The molecule has 1 aliphatic heterocycles. The Labute approximate surface area is 105 Å². The number of carbonyl (C=O) groups is 1. The molecule has 4 heteroatoms. The molecule has 0 aromatic heterocycles. The lowest BCUT2D eigenvalue weighted by atomic mass is 10.1. The largest absolute Gasteiger partial charge is 0.325 e. The maximum Gasteiger partial charge on any atom is 0.237 e. The van der Waals surface area contributed by atoms with Crippen molar-refractivity contribution in [2.24, 2.45) is 0 Å². The zero-order chi connectivity index (χ0) is 12.3. The maximum absolute atomic E-state index is 12.0. The molecule has 1 aromatic carbocycles. The van der Waals surface area contributed by atoms with Crippen LogP contribution in [0, 0.1) is 18.3 Å². The maximum atomic E-state index is 12.0. The lowest BCUT2D eigenvalue weighted by Crippen LogP contribution is -2.23. The van der Waals surface area contributed by atoms with Gasteiger partial charge >= 0.3 is 0 Å². The topological polar surface area (TPSA) is 52.9 Å². The van der Waals surface area contributed by atoms with Crippen LogP contribution in [0.25, 0.3) is 0 Å². The first-order chi connectivity index (χ1) is 8.20. The van der Waals surface area contributed by atoms with Gasteiger partial charge in [-0.1, -0.05) is 6.07 Å². The number of carbonyl (C=O) groups excluding carboxylic acids is 1. The van der Waals surface area contributed by atoms with E-state index in [0.29, 0.717) is 5.56 Å². The van der Waals surface area contributed by atoms with E-state index in [1.807, 2.05) is 13.0 Å². The van der Waals surface area contributed by atoms with Gasteiger partial charge in [-0.05, 0) is 43.2 Å². The fraction of sp³-hybridized carbons (Fsp3) is 0.385. The fourth-order valence-electron chi connectivity index (χ4n) is 1.82. The number of hydrogen-bond acceptors (Lipinski definition) is 3. The summed E-state index contributed by atoms with van der Waals surface area (Å²) in [6.45, 7) is 1.93. The van der Waals surface area contributed by atoms with Crippen molar-refractivity contribution in [3.8, 4) is 6.07 Å². The molecular weight excluding hydrogens is 232 g/mol. The molecule has 1 amide bonds. The van der Waals surface area contributed by atoms with Gasteiger partial charge in [-0.25, -0.2) is 0 Å². The quantitative estimate of drug-likeness (QED) is 0.873. The third-order valence-electron chi connectivity index (χ3n) is 2.85. The molecule has 1 N–H and O–H groups in total. The zero-order valence-electron chi connectivity index (χ0n) is 9.69. The summed E-state index contributed by atoms with van der Waals surface area (Å²) in [6, 6.07) is 7.43. The monoisotopic (exact) mass is 246 g/mol. The molecule has 1 fully saturated rings. The Balaban J connectivity index is 2.12. The second-order valence-electron chi connectivity index (χ2n) is 4.13. The van der Waals surface area contributed by atoms with Gasteiger partial charge in [0.05, 0.1) is 16.9 Å². The van der Waals surface area contributed by atoms with E-state index in [1.54, 1.807) is 23.9 Å². The first-order valence-corrected chi connectivity index (χ1v) is 6.69. The van der Waals surface area contributed by atoms with Gasteiger partial charge in [0, 0.05) is 5.69 Å². The number of thioether (sulfide) groups is 1. The van der Waals surface area contributed by atoms with E-state index in [2.05, 4.69) is 11.4 Å². The first-order valence-electron chi connectivity index (χ1n) is 5.64. The standard InChI is InChI=1S/C13H14N2OS/c1-9-4-5-10(8-14)7-11(9)15-13(16)12-3-2-6-17-12/h4-5,7,12H,2-3,6H2,1H3,(H,15,16). The molecule has 0 radical (unpaired) electrons. The van der Waals surface area contributed by atoms with Gasteiger partial charge in [0.1, 0.15) is 0 Å². The Kier molecular flexibility index (Phi) is 3.70. The van der Waals surface area contributed by atoms with Gasteiger partial charge in [-0.15, -0.1) is 11.8 Å². The second kappa shape index (κ2) is 5.24. The van der Waals surface area contributed by atoms with Crippen molar-refractivity contribution in [2.75, 3.05) is 11.1 Å². The number of nitrogens with one attached hydrogen (secondary N) is 1. The van der Waals surface area contributed by atoms with Gasteiger partial charge in [0.25, 0.3) is 0 Å². The highest BCUT2D eigenvalue weighted by molar-refractivity contribution is 8.00. The second-order valence-corrected chi connectivity index (χ2v) is 5.44. The van der Waals surface area contributed by atoms with E-state index in [1.165, 1.54) is 0 Å². The SMILES string of the molecule is Cc1ccc(C#N)cc1NC(=O)C1CCCS1. The molecule has 2 rings (SSSR count). The molecule has 88 valence electrons. The molecule has 17 heavy (non-hydrogen) atoms. The summed E-state index contributed by atoms with van der Waals surface area (Å²) in [5, 5.41) is 11.8. The highest BCUT2D eigenvalue weighted by Gasteiger charge is 2.23. The molecule has 1 unspecified atom stereocenters. The van der Waals surface area contributed by atoms with Gasteiger partial charge in [-0.2, -0.15) is 5.26 Å². The molecule has 0 aliphatic carbocycles. The molecule has 3 nitrogen and oxygen atoms in total. The van der Waals surface area contributed by atoms with E-state index >= 15 is 0 Å². The molecule has 0 bridgehead atoms. The lowest BCUT2D eigenvalue weighted by molar-refractivity contribution is -0.115. The van der Waals surface area contributed by atoms with E-state index in [0.717, 1.165) is 29.8 Å². The van der Waals surface area contributed by atoms with E-state index < -0.39 is 0 Å². The van der Waals surface area contributed by atoms with Crippen LogP contribution in [0.3, 0.4) is 0 Å². The van der Waals surface area contributed by atoms with E-state index in [4.69, 9.17) is 5.26 Å². The van der Waals surface area contributed by atoms with Crippen molar-refractivity contribution >= 4 is 23.4 Å². The average molecular weight is 246 g/mol. The fourth-order valence-corrected chi connectivity index (χ4v) is 2.99. The lowest BCUT2D eigenvalue weighted by Gasteiger charge is -2.12. The number of benzene rings is 1. The normalized spacial score (nSPS) is 18.7. The predicted octanol–water partition coefficient (Wildman–Crippen LogP) is 2.70. The van der Waals surface area contributed by atoms with Crippen LogP contribution in [0.5, 0.6) is 0 Å². The van der Waals surface area contributed by atoms with Crippen LogP contribution >= 0.6 is 11.8 Å². The minimum Gasteiger partial charge on any atom is -0.325 e. The van der Waals surface area contributed by atoms with E-state index in [9.17, 15) is 4.79 Å². The smallest absolute Gasteiger partial charge is 0.237 e. The van der Waals surface area contributed by atoms with Crippen molar-refractivity contribution in [2.45, 2.75) is 25.0 Å². The van der Waals surface area contributed by atoms with Crippen molar-refractivity contribution in [3.63, 3.8) is 0 Å². The van der Waals surface area contributed by atoms with Crippen LogP contribution in [-0.4, -0.2) is 16.9 Å². The molecule has 0 saturated carbocycles. The Morgan fingerprint density at radius 1 is 1.59 bits per heavy atom. The average Bonchev–Trinajstić information content (AvgIpc) is 2.85. The Hall–Kier alpha value is -1.47. The van der Waals surface area contributed by atoms with Gasteiger partial charge in [0.2, 0.25) is 5.91 Å². The summed E-state index contributed by atoms with van der Waals surface area (Å²) >= 11 is 1.71. The third kappa shape index (κ3) is 2.80. The van der Waals surface area contributed by atoms with E-state index in [-0.39, 0.29) is 11.2 Å². The zero-order valence-corrected chi connectivity index (χ0v) is 10.5. The first kappa shape index (κ1) is 12.0. The summed E-state index contributed by atoms with van der Waals surface area (Å²) in [6.07, 6.45) is 2.06. The number of hydrogen-bond donors (Lipinski definition) is 1. The number of amides is 1. The summed E-state index contributed by atoms with van der Waals surface area (Å²) in [5.74, 6) is 1.13. The summed E-state index contributed by atoms with van der Waals surface area (Å²) in [4.78, 5) is 12.0. The summed E-state index contributed by atoms with van der Waals surface area (Å²) < 4.78 is 0. The molecule has 1 heterocycles. The van der Waals surface area contributed by atoms with Crippen LogP contribution in [0.2, 0.25) is 0 Å². The molecule has 1 aliphatic rings. The highest BCUT2D eigenvalue weighted by Crippen LogP contribution is 2.27. The Morgan fingerprint density at radius 3 is 3.06 bits per heavy atom. The number of rotatable bonds is 2. The third-order valence-corrected chi connectivity index (χ3v) is 4.22. The number of nitrogens with zero attached hydrogens (tertiary/aromatic N) is 1. The highest BCUT2D eigenvalue weighted by atomic mass is 32.2. The van der Waals surface area contributed by atoms with Crippen molar-refractivity contribution < 1.29 is 4.79 Å². The molecule has 1 aromatic rings. The van der Waals surface area contributed by atoms with Crippen LogP contribution in [0.15, 0.2) is 18.2 Å². The van der Waals surface area contributed by atoms with Crippen molar-refractivity contribution in [1.82, 2.24) is 0 Å². The molecule has 0 spiro atoms. The molecular formula is C13H14N2OS. The minimum absolute atomic E-state index is 0.0608. The predicted molar refractivity (Wildman–Crippen MR) is 70.0 cm³/mol. The minimum atomic E-state index is 0.0608. The van der Waals surface area contributed by atoms with Crippen LogP contribution in [-0.2, 0) is 4.79 Å². The number of aryl methyl sites for hydroxylation is 1. The number of nitriles is 1. The summed E-state index contributed by atoms with van der Waals surface area (Å²) in [5.41, 5.74) is 2.31. The van der Waals surface area contributed by atoms with Crippen molar-refractivity contribution in [3.05, 3.63) is 29.3 Å². The van der Waals surface area contributed by atoms with Crippen LogP contribution < -0.4 is 5.32 Å². The van der Waals surface area contributed by atoms with Gasteiger partial charge in [0.15, 0.2) is 0 Å². The van der Waals surface area contributed by atoms with Gasteiger partial charge in [-0.3, -0.25) is 4.79 Å². The Morgan fingerprint density at radius 2 is 2.41 bits per heavy atom.